The molecular formula is C17H19ClFN3OS. The Morgan fingerprint density at radius 1 is 1.50 bits per heavy atom. The number of anilines is 1. The summed E-state index contributed by atoms with van der Waals surface area (Å²) >= 11 is 7.60. The molecule has 1 aliphatic heterocycles. The van der Waals surface area contributed by atoms with Crippen LogP contribution in [0, 0.1) is 5.82 Å². The van der Waals surface area contributed by atoms with Crippen molar-refractivity contribution in [3.63, 3.8) is 0 Å². The van der Waals surface area contributed by atoms with Crippen LogP contribution in [0.3, 0.4) is 0 Å². The average molecular weight is 368 g/mol. The quantitative estimate of drug-likeness (QED) is 0.847. The van der Waals surface area contributed by atoms with Gasteiger partial charge < -0.3 is 10.2 Å². The summed E-state index contributed by atoms with van der Waals surface area (Å²) in [6.45, 7) is 1.56. The molecule has 7 heteroatoms. The molecule has 0 bridgehead atoms. The zero-order valence-corrected chi connectivity index (χ0v) is 14.7. The van der Waals surface area contributed by atoms with Gasteiger partial charge >= 0.3 is 0 Å². The Labute approximate surface area is 149 Å². The first-order valence-corrected chi connectivity index (χ1v) is 9.26. The molecule has 0 saturated carbocycles. The normalized spacial score (nSPS) is 17.2. The Hall–Kier alpha value is -1.66. The van der Waals surface area contributed by atoms with Crippen molar-refractivity contribution in [1.82, 2.24) is 10.3 Å². The molecule has 0 aliphatic carbocycles. The third-order valence-electron chi connectivity index (χ3n) is 4.24. The van der Waals surface area contributed by atoms with Crippen LogP contribution < -0.4 is 10.2 Å². The number of carbonyl (C=O) groups is 1. The molecule has 2 heterocycles. The number of benzene rings is 1. The fraction of sp³-hybridized carbons (Fsp3) is 0.412. The molecule has 1 unspecified atom stereocenters. The smallest absolute Gasteiger partial charge is 0.220 e. The molecule has 0 spiro atoms. The lowest BCUT2D eigenvalue weighted by Crippen LogP contribution is -2.40. The van der Waals surface area contributed by atoms with Gasteiger partial charge in [-0.1, -0.05) is 17.7 Å². The molecular weight excluding hydrogens is 349 g/mol. The van der Waals surface area contributed by atoms with Gasteiger partial charge in [0.2, 0.25) is 5.91 Å². The Kier molecular flexibility index (Phi) is 5.68. The topological polar surface area (TPSA) is 45.2 Å². The summed E-state index contributed by atoms with van der Waals surface area (Å²) in [6, 6.07) is 4.84. The van der Waals surface area contributed by atoms with Gasteiger partial charge in [-0.15, -0.1) is 11.3 Å². The summed E-state index contributed by atoms with van der Waals surface area (Å²) in [5.41, 5.74) is 0.402. The van der Waals surface area contributed by atoms with Crippen molar-refractivity contribution >= 4 is 34.0 Å². The lowest BCUT2D eigenvalue weighted by molar-refractivity contribution is -0.121. The maximum absolute atomic E-state index is 13.7. The molecule has 1 saturated heterocycles. The first kappa shape index (κ1) is 17.2. The number of aromatic nitrogens is 1. The number of amides is 1. The molecule has 1 amide bonds. The summed E-state index contributed by atoms with van der Waals surface area (Å²) in [7, 11) is 0. The van der Waals surface area contributed by atoms with E-state index < -0.39 is 0 Å². The maximum Gasteiger partial charge on any atom is 0.220 e. The predicted molar refractivity (Wildman–Crippen MR) is 95.2 cm³/mol. The van der Waals surface area contributed by atoms with Gasteiger partial charge in [0.15, 0.2) is 5.13 Å². The zero-order chi connectivity index (χ0) is 16.9. The molecule has 1 fully saturated rings. The highest BCUT2D eigenvalue weighted by atomic mass is 35.5. The summed E-state index contributed by atoms with van der Waals surface area (Å²) in [5.74, 6) is -0.443. The number of nitrogens with zero attached hydrogens (tertiary/aromatic N) is 2. The van der Waals surface area contributed by atoms with E-state index in [1.165, 1.54) is 6.07 Å². The van der Waals surface area contributed by atoms with Gasteiger partial charge in [0, 0.05) is 47.7 Å². The van der Waals surface area contributed by atoms with E-state index in [1.807, 2.05) is 5.38 Å². The van der Waals surface area contributed by atoms with Crippen LogP contribution in [0.1, 0.15) is 24.8 Å². The van der Waals surface area contributed by atoms with Gasteiger partial charge in [-0.2, -0.15) is 0 Å². The van der Waals surface area contributed by atoms with Crippen LogP contribution in [0.25, 0.3) is 0 Å². The van der Waals surface area contributed by atoms with Gasteiger partial charge in [-0.25, -0.2) is 9.37 Å². The van der Waals surface area contributed by atoms with Crippen molar-refractivity contribution in [2.45, 2.75) is 31.7 Å². The van der Waals surface area contributed by atoms with Gasteiger partial charge in [-0.3, -0.25) is 4.79 Å². The van der Waals surface area contributed by atoms with Crippen LogP contribution in [0.5, 0.6) is 0 Å². The Morgan fingerprint density at radius 3 is 3.12 bits per heavy atom. The minimum Gasteiger partial charge on any atom is -0.354 e. The van der Waals surface area contributed by atoms with E-state index >= 15 is 0 Å². The van der Waals surface area contributed by atoms with Gasteiger partial charge in [-0.05, 0) is 31.4 Å². The van der Waals surface area contributed by atoms with Crippen molar-refractivity contribution in [2.24, 2.45) is 0 Å². The fourth-order valence-corrected chi connectivity index (χ4v) is 3.99. The van der Waals surface area contributed by atoms with E-state index in [2.05, 4.69) is 15.2 Å². The van der Waals surface area contributed by atoms with E-state index in [0.29, 0.717) is 23.6 Å². The molecule has 1 aliphatic rings. The second-order valence-electron chi connectivity index (χ2n) is 5.81. The first-order chi connectivity index (χ1) is 11.6. The van der Waals surface area contributed by atoms with Crippen molar-refractivity contribution in [3.05, 3.63) is 46.2 Å². The number of carbonyl (C=O) groups excluding carboxylic acids is 1. The lowest BCUT2D eigenvalue weighted by Gasteiger charge is -2.24. The Balaban J connectivity index is 1.49. The van der Waals surface area contributed by atoms with E-state index in [0.717, 1.165) is 24.5 Å². The number of hydrogen-bond donors (Lipinski definition) is 1. The lowest BCUT2D eigenvalue weighted by atomic mass is 10.1. The largest absolute Gasteiger partial charge is 0.354 e. The van der Waals surface area contributed by atoms with E-state index in [4.69, 9.17) is 11.6 Å². The van der Waals surface area contributed by atoms with Crippen molar-refractivity contribution in [2.75, 3.05) is 18.0 Å². The number of rotatable bonds is 6. The predicted octanol–water partition coefficient (Wildman–Crippen LogP) is 3.65. The number of thiazole rings is 1. The molecule has 3 rings (SSSR count). The summed E-state index contributed by atoms with van der Waals surface area (Å²) in [4.78, 5) is 18.7. The molecule has 2 aromatic rings. The SMILES string of the molecule is O=C(CCc1c(F)cccc1Cl)NCC1CCCN1c1nccs1. The standard InChI is InChI=1S/C17H19ClFN3OS/c18-14-4-1-5-15(19)13(14)6-7-16(23)21-11-12-3-2-9-22(12)17-20-8-10-24-17/h1,4-5,8,10,12H,2-3,6-7,9,11H2,(H,21,23). The summed E-state index contributed by atoms with van der Waals surface area (Å²) in [6.07, 6.45) is 4.47. The fourth-order valence-electron chi connectivity index (χ4n) is 2.99. The number of hydrogen-bond acceptors (Lipinski definition) is 4. The second-order valence-corrected chi connectivity index (χ2v) is 7.09. The van der Waals surface area contributed by atoms with Gasteiger partial charge in [0.25, 0.3) is 0 Å². The van der Waals surface area contributed by atoms with Crippen molar-refractivity contribution in [3.8, 4) is 0 Å². The highest BCUT2D eigenvalue weighted by molar-refractivity contribution is 7.13. The molecule has 1 aromatic carbocycles. The van der Waals surface area contributed by atoms with E-state index in [1.54, 1.807) is 29.7 Å². The molecule has 24 heavy (non-hydrogen) atoms. The van der Waals surface area contributed by atoms with Crippen LogP contribution in [-0.2, 0) is 11.2 Å². The summed E-state index contributed by atoms with van der Waals surface area (Å²) < 4.78 is 13.7. The minimum absolute atomic E-state index is 0.0830. The van der Waals surface area contributed by atoms with Crippen LogP contribution in [0.4, 0.5) is 9.52 Å². The van der Waals surface area contributed by atoms with Crippen molar-refractivity contribution < 1.29 is 9.18 Å². The molecule has 0 radical (unpaired) electrons. The van der Waals surface area contributed by atoms with Crippen LogP contribution in [0.2, 0.25) is 5.02 Å². The molecule has 4 nitrogen and oxygen atoms in total. The Bertz CT molecular complexity index is 675. The van der Waals surface area contributed by atoms with Crippen LogP contribution in [-0.4, -0.2) is 30.0 Å². The third kappa shape index (κ3) is 4.05. The maximum atomic E-state index is 13.7. The Morgan fingerprint density at radius 2 is 2.38 bits per heavy atom. The van der Waals surface area contributed by atoms with Crippen LogP contribution >= 0.6 is 22.9 Å². The molecule has 1 atom stereocenters. The zero-order valence-electron chi connectivity index (χ0n) is 13.2. The summed E-state index contributed by atoms with van der Waals surface area (Å²) in [5, 5.41) is 6.29. The van der Waals surface area contributed by atoms with Crippen molar-refractivity contribution in [1.29, 1.82) is 0 Å². The molecule has 1 aromatic heterocycles. The monoisotopic (exact) mass is 367 g/mol. The van der Waals surface area contributed by atoms with Crippen LogP contribution in [0.15, 0.2) is 29.8 Å². The first-order valence-electron chi connectivity index (χ1n) is 8.01. The minimum atomic E-state index is -0.360. The second kappa shape index (κ2) is 7.94. The molecule has 1 N–H and O–H groups in total. The molecule has 128 valence electrons. The van der Waals surface area contributed by atoms with E-state index in [9.17, 15) is 9.18 Å². The number of nitrogens with one attached hydrogen (secondary N) is 1. The number of halogens is 2. The third-order valence-corrected chi connectivity index (χ3v) is 5.40. The average Bonchev–Trinajstić information content (AvgIpc) is 3.23. The van der Waals surface area contributed by atoms with Gasteiger partial charge in [0.1, 0.15) is 5.82 Å². The van der Waals surface area contributed by atoms with E-state index in [-0.39, 0.29) is 24.2 Å². The highest BCUT2D eigenvalue weighted by Gasteiger charge is 2.26. The highest BCUT2D eigenvalue weighted by Crippen LogP contribution is 2.26. The van der Waals surface area contributed by atoms with Gasteiger partial charge in [0.05, 0.1) is 0 Å².